The van der Waals surface area contributed by atoms with Crippen LogP contribution in [0.2, 0.25) is 10.0 Å². The smallest absolute Gasteiger partial charge is 0.319 e. The number of benzene rings is 1. The van der Waals surface area contributed by atoms with E-state index in [1.807, 2.05) is 17.4 Å². The van der Waals surface area contributed by atoms with Crippen molar-refractivity contribution < 1.29 is 9.59 Å². The van der Waals surface area contributed by atoms with E-state index in [0.717, 1.165) is 10.4 Å². The summed E-state index contributed by atoms with van der Waals surface area (Å²) in [6.45, 7) is 0. The van der Waals surface area contributed by atoms with E-state index >= 15 is 0 Å². The van der Waals surface area contributed by atoms with Gasteiger partial charge in [-0.15, -0.1) is 11.3 Å². The predicted molar refractivity (Wildman–Crippen MR) is 91.1 cm³/mol. The molecule has 0 bridgehead atoms. The number of hydrogen-bond donors (Lipinski definition) is 2. The van der Waals surface area contributed by atoms with Crippen molar-refractivity contribution in [3.05, 3.63) is 50.8 Å². The Kier molecular flexibility index (Phi) is 5.40. The van der Waals surface area contributed by atoms with E-state index in [2.05, 4.69) is 0 Å². The number of nitrogens with two attached hydrogens (primary N) is 1. The molecule has 0 unspecified atom stereocenters. The standard InChI is InChI=1S/C15H9Cl2N3O2S/c16-11-3-1-8(6-12(11)17)13-4-2-10(23-13)5-9(7-18)14(21)20-15(19)22/h1-6H,(H3,19,20,21,22)/b9-5+. The number of amides is 3. The maximum Gasteiger partial charge on any atom is 0.319 e. The summed E-state index contributed by atoms with van der Waals surface area (Å²) < 4.78 is 0. The zero-order valence-electron chi connectivity index (χ0n) is 11.5. The van der Waals surface area contributed by atoms with Crippen LogP contribution >= 0.6 is 34.5 Å². The van der Waals surface area contributed by atoms with Crippen LogP contribution in [0.25, 0.3) is 16.5 Å². The first kappa shape index (κ1) is 17.0. The summed E-state index contributed by atoms with van der Waals surface area (Å²) >= 11 is 13.2. The van der Waals surface area contributed by atoms with Crippen LogP contribution in [0, 0.1) is 11.3 Å². The number of urea groups is 1. The van der Waals surface area contributed by atoms with Crippen molar-refractivity contribution in [1.82, 2.24) is 5.32 Å². The zero-order valence-corrected chi connectivity index (χ0v) is 13.8. The quantitative estimate of drug-likeness (QED) is 0.638. The van der Waals surface area contributed by atoms with Crippen LogP contribution in [0.15, 0.2) is 35.9 Å². The zero-order chi connectivity index (χ0) is 17.0. The second kappa shape index (κ2) is 7.29. The van der Waals surface area contributed by atoms with Gasteiger partial charge in [-0.2, -0.15) is 5.26 Å². The summed E-state index contributed by atoms with van der Waals surface area (Å²) in [5, 5.41) is 11.7. The van der Waals surface area contributed by atoms with Gasteiger partial charge < -0.3 is 5.73 Å². The first-order valence-corrected chi connectivity index (χ1v) is 7.76. The molecule has 3 N–H and O–H groups in total. The fourth-order valence-corrected chi connectivity index (χ4v) is 2.95. The van der Waals surface area contributed by atoms with E-state index in [1.54, 1.807) is 24.3 Å². The number of rotatable bonds is 3. The number of primary amides is 1. The Morgan fingerprint density at radius 2 is 1.96 bits per heavy atom. The number of carbonyl (C=O) groups excluding carboxylic acids is 2. The molecule has 0 atom stereocenters. The minimum atomic E-state index is -1.01. The molecule has 0 fully saturated rings. The molecule has 0 aliphatic heterocycles. The summed E-state index contributed by atoms with van der Waals surface area (Å²) in [5.41, 5.74) is 5.51. The Morgan fingerprint density at radius 3 is 2.57 bits per heavy atom. The van der Waals surface area contributed by atoms with Crippen molar-refractivity contribution in [3.8, 4) is 16.5 Å². The lowest BCUT2D eigenvalue weighted by Crippen LogP contribution is -2.35. The van der Waals surface area contributed by atoms with Gasteiger partial charge >= 0.3 is 6.03 Å². The number of carbonyl (C=O) groups is 2. The molecular formula is C15H9Cl2N3O2S. The molecule has 5 nitrogen and oxygen atoms in total. The van der Waals surface area contributed by atoms with Gasteiger partial charge in [0.1, 0.15) is 11.6 Å². The van der Waals surface area contributed by atoms with Crippen LogP contribution in [0.4, 0.5) is 4.79 Å². The fraction of sp³-hybridized carbons (Fsp3) is 0. The maximum absolute atomic E-state index is 11.6. The Bertz CT molecular complexity index is 853. The van der Waals surface area contributed by atoms with E-state index in [1.165, 1.54) is 17.4 Å². The van der Waals surface area contributed by atoms with Crippen molar-refractivity contribution in [1.29, 1.82) is 5.26 Å². The number of nitrogens with one attached hydrogen (secondary N) is 1. The van der Waals surface area contributed by atoms with Crippen LogP contribution in [-0.4, -0.2) is 11.9 Å². The summed E-state index contributed by atoms with van der Waals surface area (Å²) in [6, 6.07) is 9.53. The van der Waals surface area contributed by atoms with Gasteiger partial charge in [0.15, 0.2) is 0 Å². The SMILES string of the molecule is N#C/C(=C\c1ccc(-c2ccc(Cl)c(Cl)c2)s1)C(=O)NC(N)=O. The molecule has 2 rings (SSSR count). The first-order chi connectivity index (χ1) is 10.9. The number of imide groups is 1. The minimum absolute atomic E-state index is 0.216. The second-order valence-corrected chi connectivity index (χ2v) is 6.25. The lowest BCUT2D eigenvalue weighted by atomic mass is 10.2. The normalized spacial score (nSPS) is 10.9. The molecule has 0 spiro atoms. The highest BCUT2D eigenvalue weighted by molar-refractivity contribution is 7.16. The summed E-state index contributed by atoms with van der Waals surface area (Å²) in [4.78, 5) is 23.8. The van der Waals surface area contributed by atoms with Gasteiger partial charge in [-0.3, -0.25) is 10.1 Å². The molecule has 8 heteroatoms. The highest BCUT2D eigenvalue weighted by atomic mass is 35.5. The van der Waals surface area contributed by atoms with Crippen molar-refractivity contribution in [2.75, 3.05) is 0 Å². The average molecular weight is 366 g/mol. The van der Waals surface area contributed by atoms with Crippen LogP contribution in [0.5, 0.6) is 0 Å². The van der Waals surface area contributed by atoms with Gasteiger partial charge in [0.05, 0.1) is 10.0 Å². The fourth-order valence-electron chi connectivity index (χ4n) is 1.71. The van der Waals surface area contributed by atoms with Gasteiger partial charge in [-0.05, 0) is 35.9 Å². The number of nitriles is 1. The summed E-state index contributed by atoms with van der Waals surface area (Å²) in [5.74, 6) is -0.843. The van der Waals surface area contributed by atoms with Gasteiger partial charge in [-0.25, -0.2) is 4.79 Å². The molecule has 1 aromatic carbocycles. The van der Waals surface area contributed by atoms with E-state index in [0.29, 0.717) is 14.9 Å². The van der Waals surface area contributed by atoms with E-state index in [9.17, 15) is 9.59 Å². The second-order valence-electron chi connectivity index (χ2n) is 4.32. The predicted octanol–water partition coefficient (Wildman–Crippen LogP) is 3.82. The number of thiophene rings is 1. The largest absolute Gasteiger partial charge is 0.351 e. The van der Waals surface area contributed by atoms with Crippen LogP contribution in [0.3, 0.4) is 0 Å². The van der Waals surface area contributed by atoms with Gasteiger partial charge in [0, 0.05) is 9.75 Å². The molecule has 2 aromatic rings. The number of halogens is 2. The first-order valence-electron chi connectivity index (χ1n) is 6.18. The lowest BCUT2D eigenvalue weighted by Gasteiger charge is -2.00. The average Bonchev–Trinajstić information content (AvgIpc) is 2.95. The van der Waals surface area contributed by atoms with E-state index in [-0.39, 0.29) is 5.57 Å². The van der Waals surface area contributed by atoms with Gasteiger partial charge in [0.25, 0.3) is 5.91 Å². The van der Waals surface area contributed by atoms with Crippen molar-refractivity contribution >= 4 is 52.6 Å². The lowest BCUT2D eigenvalue weighted by molar-refractivity contribution is -0.115. The number of nitrogens with zero attached hydrogens (tertiary/aromatic N) is 1. The van der Waals surface area contributed by atoms with Crippen molar-refractivity contribution in [2.24, 2.45) is 5.73 Å². The molecule has 0 saturated heterocycles. The topological polar surface area (TPSA) is 96.0 Å². The molecule has 3 amide bonds. The number of hydrogen-bond acceptors (Lipinski definition) is 4. The molecule has 0 aliphatic rings. The van der Waals surface area contributed by atoms with Gasteiger partial charge in [0.2, 0.25) is 0 Å². The van der Waals surface area contributed by atoms with Crippen LogP contribution in [-0.2, 0) is 4.79 Å². The molecule has 0 aliphatic carbocycles. The highest BCUT2D eigenvalue weighted by Crippen LogP contribution is 2.33. The molecule has 1 aromatic heterocycles. The highest BCUT2D eigenvalue weighted by Gasteiger charge is 2.12. The molecular weight excluding hydrogens is 357 g/mol. The Labute approximate surface area is 145 Å². The maximum atomic E-state index is 11.6. The summed E-state index contributed by atoms with van der Waals surface area (Å²) in [6.07, 6.45) is 1.38. The molecule has 0 radical (unpaired) electrons. The molecule has 116 valence electrons. The Balaban J connectivity index is 2.29. The van der Waals surface area contributed by atoms with E-state index in [4.69, 9.17) is 34.2 Å². The third-order valence-corrected chi connectivity index (χ3v) is 4.54. The molecule has 0 saturated carbocycles. The van der Waals surface area contributed by atoms with Crippen molar-refractivity contribution in [3.63, 3.8) is 0 Å². The van der Waals surface area contributed by atoms with Crippen LogP contribution in [0.1, 0.15) is 4.88 Å². The van der Waals surface area contributed by atoms with E-state index < -0.39 is 11.9 Å². The van der Waals surface area contributed by atoms with Crippen molar-refractivity contribution in [2.45, 2.75) is 0 Å². The molecule has 23 heavy (non-hydrogen) atoms. The van der Waals surface area contributed by atoms with Gasteiger partial charge in [-0.1, -0.05) is 29.3 Å². The monoisotopic (exact) mass is 365 g/mol. The molecule has 1 heterocycles. The van der Waals surface area contributed by atoms with Crippen LogP contribution < -0.4 is 11.1 Å². The Hall–Kier alpha value is -2.33. The third kappa shape index (κ3) is 4.33. The third-order valence-electron chi connectivity index (χ3n) is 2.72. The minimum Gasteiger partial charge on any atom is -0.351 e. The summed E-state index contributed by atoms with van der Waals surface area (Å²) in [7, 11) is 0. The Morgan fingerprint density at radius 1 is 1.22 bits per heavy atom.